The Kier molecular flexibility index (Phi) is 6.25. The van der Waals surface area contributed by atoms with E-state index < -0.39 is 0 Å². The minimum atomic E-state index is -0.387. The summed E-state index contributed by atoms with van der Waals surface area (Å²) in [6, 6.07) is 25.0. The number of para-hydroxylation sites is 1. The Morgan fingerprint density at radius 3 is 2.53 bits per heavy atom. The minimum absolute atomic E-state index is 0.153. The standard InChI is InChI=1S/C30H27N3O3/c1-19-16-24-14-15-33(18-25-13-12-22-6-4-5-7-27(22)32-25)28(24)26(17-19)29(34)31-20(2)21-8-10-23(11-9-21)30(35)36-3/h4-17,20H,18H2,1-3H3,(H,31,34)/t20-/m0/s1. The summed E-state index contributed by atoms with van der Waals surface area (Å²) in [5.74, 6) is -0.540. The van der Waals surface area contributed by atoms with Gasteiger partial charge in [-0.05, 0) is 67.4 Å². The first kappa shape index (κ1) is 23.3. The second kappa shape index (κ2) is 9.66. The van der Waals surface area contributed by atoms with Crippen molar-refractivity contribution >= 4 is 33.7 Å². The van der Waals surface area contributed by atoms with Gasteiger partial charge in [0.1, 0.15) is 0 Å². The van der Waals surface area contributed by atoms with Crippen molar-refractivity contribution in [2.24, 2.45) is 0 Å². The normalized spacial score (nSPS) is 12.0. The summed E-state index contributed by atoms with van der Waals surface area (Å²) in [5.41, 5.74) is 5.76. The number of nitrogens with zero attached hydrogens (tertiary/aromatic N) is 2. The average Bonchev–Trinajstić information content (AvgIpc) is 3.29. The monoisotopic (exact) mass is 477 g/mol. The number of hydrogen-bond acceptors (Lipinski definition) is 4. The Labute approximate surface area is 209 Å². The molecule has 0 spiro atoms. The van der Waals surface area contributed by atoms with Crippen LogP contribution in [0, 0.1) is 6.92 Å². The number of carbonyl (C=O) groups is 2. The number of carbonyl (C=O) groups excluding carboxylic acids is 2. The second-order valence-corrected chi connectivity index (χ2v) is 9.00. The summed E-state index contributed by atoms with van der Waals surface area (Å²) in [6.45, 7) is 4.48. The van der Waals surface area contributed by atoms with Gasteiger partial charge in [0.2, 0.25) is 0 Å². The van der Waals surface area contributed by atoms with Crippen molar-refractivity contribution in [2.75, 3.05) is 7.11 Å². The fourth-order valence-electron chi connectivity index (χ4n) is 4.56. The third-order valence-corrected chi connectivity index (χ3v) is 6.42. The van der Waals surface area contributed by atoms with Gasteiger partial charge in [-0.3, -0.25) is 9.78 Å². The summed E-state index contributed by atoms with van der Waals surface area (Å²) < 4.78 is 6.84. The highest BCUT2D eigenvalue weighted by atomic mass is 16.5. The minimum Gasteiger partial charge on any atom is -0.465 e. The molecule has 0 radical (unpaired) electrons. The van der Waals surface area contributed by atoms with Gasteiger partial charge < -0.3 is 14.6 Å². The Morgan fingerprint density at radius 2 is 1.75 bits per heavy atom. The molecule has 2 aromatic heterocycles. The van der Waals surface area contributed by atoms with E-state index in [9.17, 15) is 9.59 Å². The third kappa shape index (κ3) is 4.58. The molecule has 0 bridgehead atoms. The number of rotatable bonds is 6. The molecule has 0 saturated carbocycles. The molecular formula is C30H27N3O3. The van der Waals surface area contributed by atoms with Crippen LogP contribution in [-0.4, -0.2) is 28.5 Å². The van der Waals surface area contributed by atoms with Crippen LogP contribution in [0.4, 0.5) is 0 Å². The molecule has 6 heteroatoms. The first-order valence-electron chi connectivity index (χ1n) is 11.9. The van der Waals surface area contributed by atoms with Crippen LogP contribution in [0.1, 0.15) is 50.5 Å². The molecule has 0 unspecified atom stereocenters. The zero-order chi connectivity index (χ0) is 25.2. The van der Waals surface area contributed by atoms with Crippen LogP contribution >= 0.6 is 0 Å². The Balaban J connectivity index is 1.43. The molecule has 36 heavy (non-hydrogen) atoms. The largest absolute Gasteiger partial charge is 0.465 e. The van der Waals surface area contributed by atoms with E-state index >= 15 is 0 Å². The van der Waals surface area contributed by atoms with Crippen molar-refractivity contribution in [2.45, 2.75) is 26.4 Å². The highest BCUT2D eigenvalue weighted by Crippen LogP contribution is 2.25. The fourth-order valence-corrected chi connectivity index (χ4v) is 4.56. The van der Waals surface area contributed by atoms with E-state index in [4.69, 9.17) is 9.72 Å². The smallest absolute Gasteiger partial charge is 0.337 e. The topological polar surface area (TPSA) is 73.2 Å². The molecule has 5 rings (SSSR count). The van der Waals surface area contributed by atoms with E-state index in [1.807, 2.05) is 74.6 Å². The Hall–Kier alpha value is -4.45. The molecule has 0 fully saturated rings. The van der Waals surface area contributed by atoms with Crippen molar-refractivity contribution in [1.82, 2.24) is 14.9 Å². The Morgan fingerprint density at radius 1 is 0.972 bits per heavy atom. The second-order valence-electron chi connectivity index (χ2n) is 9.00. The molecule has 1 atom stereocenters. The van der Waals surface area contributed by atoms with Gasteiger partial charge in [0.05, 0.1) is 47.6 Å². The number of benzene rings is 3. The van der Waals surface area contributed by atoms with Gasteiger partial charge in [-0.15, -0.1) is 0 Å². The molecule has 0 aliphatic carbocycles. The van der Waals surface area contributed by atoms with Crippen molar-refractivity contribution in [3.8, 4) is 0 Å². The molecule has 1 N–H and O–H groups in total. The van der Waals surface area contributed by atoms with Gasteiger partial charge in [0, 0.05) is 17.0 Å². The number of amides is 1. The van der Waals surface area contributed by atoms with Crippen molar-refractivity contribution in [3.05, 3.63) is 113 Å². The zero-order valence-corrected chi connectivity index (χ0v) is 20.5. The highest BCUT2D eigenvalue weighted by molar-refractivity contribution is 6.06. The van der Waals surface area contributed by atoms with Crippen LogP contribution in [-0.2, 0) is 11.3 Å². The van der Waals surface area contributed by atoms with Crippen LogP contribution < -0.4 is 5.32 Å². The molecule has 6 nitrogen and oxygen atoms in total. The van der Waals surface area contributed by atoms with E-state index in [1.54, 1.807) is 12.1 Å². The average molecular weight is 478 g/mol. The van der Waals surface area contributed by atoms with Crippen molar-refractivity contribution < 1.29 is 14.3 Å². The maximum atomic E-state index is 13.5. The Bertz CT molecular complexity index is 1580. The van der Waals surface area contributed by atoms with Crippen molar-refractivity contribution in [1.29, 1.82) is 0 Å². The van der Waals surface area contributed by atoms with Crippen LogP contribution in [0.5, 0.6) is 0 Å². The van der Waals surface area contributed by atoms with Gasteiger partial charge in [-0.2, -0.15) is 0 Å². The summed E-state index contributed by atoms with van der Waals surface area (Å²) in [5, 5.41) is 5.23. The SMILES string of the molecule is COC(=O)c1ccc([C@H](C)NC(=O)c2cc(C)cc3ccn(Cc4ccc5ccccc5n4)c23)cc1. The molecule has 0 aliphatic heterocycles. The lowest BCUT2D eigenvalue weighted by molar-refractivity contribution is 0.0600. The van der Waals surface area contributed by atoms with E-state index in [2.05, 4.69) is 22.0 Å². The zero-order valence-electron chi connectivity index (χ0n) is 20.5. The van der Waals surface area contributed by atoms with Gasteiger partial charge in [0.15, 0.2) is 0 Å². The number of aryl methyl sites for hydroxylation is 1. The number of ether oxygens (including phenoxy) is 1. The molecule has 2 heterocycles. The molecule has 0 saturated heterocycles. The molecule has 0 aliphatic rings. The van der Waals surface area contributed by atoms with Crippen LogP contribution in [0.2, 0.25) is 0 Å². The summed E-state index contributed by atoms with van der Waals surface area (Å²) >= 11 is 0. The predicted molar refractivity (Wildman–Crippen MR) is 141 cm³/mol. The first-order valence-corrected chi connectivity index (χ1v) is 11.9. The third-order valence-electron chi connectivity index (χ3n) is 6.42. The van der Waals surface area contributed by atoms with E-state index in [1.165, 1.54) is 7.11 Å². The number of esters is 1. The molecule has 3 aromatic carbocycles. The maximum absolute atomic E-state index is 13.5. The number of methoxy groups -OCH3 is 1. The highest BCUT2D eigenvalue weighted by Gasteiger charge is 2.18. The molecule has 5 aromatic rings. The van der Waals surface area contributed by atoms with E-state index in [-0.39, 0.29) is 17.9 Å². The quantitative estimate of drug-likeness (QED) is 0.313. The first-order chi connectivity index (χ1) is 17.4. The number of hydrogen-bond donors (Lipinski definition) is 1. The number of fused-ring (bicyclic) bond motifs is 2. The maximum Gasteiger partial charge on any atom is 0.337 e. The fraction of sp³-hybridized carbons (Fsp3) is 0.167. The number of aromatic nitrogens is 2. The van der Waals surface area contributed by atoms with Gasteiger partial charge in [-0.25, -0.2) is 4.79 Å². The van der Waals surface area contributed by atoms with Crippen LogP contribution in [0.15, 0.2) is 85.1 Å². The lowest BCUT2D eigenvalue weighted by Gasteiger charge is -2.17. The van der Waals surface area contributed by atoms with Gasteiger partial charge >= 0.3 is 5.97 Å². The van der Waals surface area contributed by atoms with Gasteiger partial charge in [0.25, 0.3) is 5.91 Å². The predicted octanol–water partition coefficient (Wildman–Crippen LogP) is 5.82. The lowest BCUT2D eigenvalue weighted by Crippen LogP contribution is -2.27. The van der Waals surface area contributed by atoms with Crippen molar-refractivity contribution in [3.63, 3.8) is 0 Å². The van der Waals surface area contributed by atoms with E-state index in [0.717, 1.165) is 38.6 Å². The summed E-state index contributed by atoms with van der Waals surface area (Å²) in [7, 11) is 1.35. The summed E-state index contributed by atoms with van der Waals surface area (Å²) in [6.07, 6.45) is 2.01. The van der Waals surface area contributed by atoms with Gasteiger partial charge in [-0.1, -0.05) is 36.4 Å². The molecule has 180 valence electrons. The summed E-state index contributed by atoms with van der Waals surface area (Å²) in [4.78, 5) is 30.0. The molecule has 1 amide bonds. The molecular weight excluding hydrogens is 450 g/mol. The van der Waals surface area contributed by atoms with Crippen LogP contribution in [0.25, 0.3) is 21.8 Å². The lowest BCUT2D eigenvalue weighted by atomic mass is 10.0. The number of pyridine rings is 1. The number of nitrogens with one attached hydrogen (secondary N) is 1. The van der Waals surface area contributed by atoms with Crippen LogP contribution in [0.3, 0.4) is 0 Å². The van der Waals surface area contributed by atoms with E-state index in [0.29, 0.717) is 17.7 Å².